The van der Waals surface area contributed by atoms with Crippen molar-refractivity contribution in [1.82, 2.24) is 4.57 Å². The van der Waals surface area contributed by atoms with Gasteiger partial charge in [0.2, 0.25) is 0 Å². The number of carbonyl (C=O) groups is 3. The highest BCUT2D eigenvalue weighted by Crippen LogP contribution is 2.35. The third-order valence-electron chi connectivity index (χ3n) is 4.67. The standard InChI is InChI=1S/C22H22N2O4/c1-3-16-20(21(26)22(23)27)19-17(10-7-11-18(19)28-14(2)25)24(16)13-12-15-8-5-4-6-9-15/h4-11H,3,12-13H2,1-2H3,(H2,23,27). The van der Waals surface area contributed by atoms with Crippen LogP contribution in [0.5, 0.6) is 5.75 Å². The molecule has 0 radical (unpaired) electrons. The van der Waals surface area contributed by atoms with Gasteiger partial charge in [0.05, 0.1) is 16.5 Å². The first-order valence-corrected chi connectivity index (χ1v) is 9.14. The fraction of sp³-hybridized carbons (Fsp3) is 0.227. The van der Waals surface area contributed by atoms with Crippen molar-refractivity contribution < 1.29 is 19.1 Å². The van der Waals surface area contributed by atoms with Gasteiger partial charge in [-0.15, -0.1) is 0 Å². The maximum absolute atomic E-state index is 12.6. The van der Waals surface area contributed by atoms with E-state index in [-0.39, 0.29) is 11.3 Å². The van der Waals surface area contributed by atoms with E-state index >= 15 is 0 Å². The second-order valence-electron chi connectivity index (χ2n) is 6.50. The summed E-state index contributed by atoms with van der Waals surface area (Å²) in [5, 5.41) is 0.450. The Labute approximate surface area is 162 Å². The molecule has 28 heavy (non-hydrogen) atoms. The van der Waals surface area contributed by atoms with Crippen LogP contribution >= 0.6 is 0 Å². The molecule has 0 spiro atoms. The van der Waals surface area contributed by atoms with E-state index in [9.17, 15) is 14.4 Å². The van der Waals surface area contributed by atoms with Gasteiger partial charge < -0.3 is 15.0 Å². The Morgan fingerprint density at radius 3 is 2.36 bits per heavy atom. The van der Waals surface area contributed by atoms with Crippen molar-refractivity contribution >= 4 is 28.6 Å². The quantitative estimate of drug-likeness (QED) is 0.296. The number of nitrogens with zero attached hydrogens (tertiary/aromatic N) is 1. The van der Waals surface area contributed by atoms with Crippen LogP contribution in [-0.4, -0.2) is 22.2 Å². The van der Waals surface area contributed by atoms with Gasteiger partial charge in [-0.3, -0.25) is 14.4 Å². The van der Waals surface area contributed by atoms with Crippen molar-refractivity contribution in [2.45, 2.75) is 33.2 Å². The number of nitrogens with two attached hydrogens (primary N) is 1. The van der Waals surface area contributed by atoms with Gasteiger partial charge in [-0.25, -0.2) is 0 Å². The van der Waals surface area contributed by atoms with E-state index < -0.39 is 17.7 Å². The number of aromatic nitrogens is 1. The lowest BCUT2D eigenvalue weighted by Gasteiger charge is -2.10. The molecule has 0 aliphatic heterocycles. The molecular weight excluding hydrogens is 356 g/mol. The predicted molar refractivity (Wildman–Crippen MR) is 106 cm³/mol. The number of rotatable bonds is 7. The van der Waals surface area contributed by atoms with Gasteiger partial charge in [-0.1, -0.05) is 43.3 Å². The molecule has 0 aliphatic rings. The molecule has 0 bridgehead atoms. The molecule has 0 saturated carbocycles. The van der Waals surface area contributed by atoms with Crippen LogP contribution in [0.3, 0.4) is 0 Å². The number of fused-ring (bicyclic) bond motifs is 1. The molecule has 1 aromatic heterocycles. The first kappa shape index (κ1) is 19.4. The summed E-state index contributed by atoms with van der Waals surface area (Å²) in [5.41, 5.74) is 8.11. The van der Waals surface area contributed by atoms with Gasteiger partial charge in [-0.05, 0) is 30.5 Å². The van der Waals surface area contributed by atoms with E-state index in [4.69, 9.17) is 10.5 Å². The molecule has 3 rings (SSSR count). The van der Waals surface area contributed by atoms with Crippen LogP contribution in [0.25, 0.3) is 10.9 Å². The molecule has 1 amide bonds. The van der Waals surface area contributed by atoms with E-state index in [2.05, 4.69) is 0 Å². The first-order chi connectivity index (χ1) is 13.4. The largest absolute Gasteiger partial charge is 0.426 e. The molecule has 3 aromatic rings. The smallest absolute Gasteiger partial charge is 0.308 e. The lowest BCUT2D eigenvalue weighted by molar-refractivity contribution is -0.131. The molecule has 0 saturated heterocycles. The Bertz CT molecular complexity index is 1050. The Hall–Kier alpha value is -3.41. The monoisotopic (exact) mass is 378 g/mol. The number of aryl methyl sites for hydroxylation is 2. The third kappa shape index (κ3) is 3.67. The molecule has 144 valence electrons. The number of ether oxygens (including phenoxy) is 1. The van der Waals surface area contributed by atoms with E-state index in [1.165, 1.54) is 6.92 Å². The lowest BCUT2D eigenvalue weighted by Crippen LogP contribution is -2.24. The highest BCUT2D eigenvalue weighted by Gasteiger charge is 2.27. The van der Waals surface area contributed by atoms with E-state index in [0.29, 0.717) is 24.0 Å². The highest BCUT2D eigenvalue weighted by molar-refractivity contribution is 6.45. The van der Waals surface area contributed by atoms with Crippen molar-refractivity contribution in [3.63, 3.8) is 0 Å². The minimum absolute atomic E-state index is 0.218. The van der Waals surface area contributed by atoms with Gasteiger partial charge in [0.25, 0.3) is 11.7 Å². The minimum atomic E-state index is -1.03. The average molecular weight is 378 g/mol. The van der Waals surface area contributed by atoms with Gasteiger partial charge in [-0.2, -0.15) is 0 Å². The van der Waals surface area contributed by atoms with Crippen LogP contribution in [0.15, 0.2) is 48.5 Å². The molecule has 6 heteroatoms. The minimum Gasteiger partial charge on any atom is -0.426 e. The molecule has 6 nitrogen and oxygen atoms in total. The molecule has 2 aromatic carbocycles. The van der Waals surface area contributed by atoms with Crippen LogP contribution in [0.1, 0.15) is 35.5 Å². The fourth-order valence-corrected chi connectivity index (χ4v) is 3.54. The Kier molecular flexibility index (Phi) is 5.59. The molecule has 0 fully saturated rings. The van der Waals surface area contributed by atoms with E-state index in [1.54, 1.807) is 12.1 Å². The Morgan fingerprint density at radius 2 is 1.75 bits per heavy atom. The number of benzene rings is 2. The van der Waals surface area contributed by atoms with Gasteiger partial charge in [0.1, 0.15) is 5.75 Å². The molecule has 0 atom stereocenters. The summed E-state index contributed by atoms with van der Waals surface area (Å²) in [4.78, 5) is 35.9. The fourth-order valence-electron chi connectivity index (χ4n) is 3.54. The highest BCUT2D eigenvalue weighted by atomic mass is 16.5. The zero-order chi connectivity index (χ0) is 20.3. The van der Waals surface area contributed by atoms with Crippen molar-refractivity contribution in [2.24, 2.45) is 5.73 Å². The van der Waals surface area contributed by atoms with Crippen LogP contribution in [0.4, 0.5) is 0 Å². The van der Waals surface area contributed by atoms with Crippen molar-refractivity contribution in [1.29, 1.82) is 0 Å². The molecule has 2 N–H and O–H groups in total. The van der Waals surface area contributed by atoms with Crippen molar-refractivity contribution in [2.75, 3.05) is 0 Å². The van der Waals surface area contributed by atoms with Crippen LogP contribution in [0, 0.1) is 0 Å². The Morgan fingerprint density at radius 1 is 1.04 bits per heavy atom. The first-order valence-electron chi connectivity index (χ1n) is 9.14. The summed E-state index contributed by atoms with van der Waals surface area (Å²) in [6, 6.07) is 15.2. The van der Waals surface area contributed by atoms with Gasteiger partial charge in [0.15, 0.2) is 0 Å². The molecule has 0 aliphatic carbocycles. The second-order valence-corrected chi connectivity index (χ2v) is 6.50. The number of primary amides is 1. The normalized spacial score (nSPS) is 10.8. The zero-order valence-corrected chi connectivity index (χ0v) is 15.9. The van der Waals surface area contributed by atoms with Crippen LogP contribution < -0.4 is 10.5 Å². The summed E-state index contributed by atoms with van der Waals surface area (Å²) in [6.45, 7) is 3.82. The van der Waals surface area contributed by atoms with Crippen LogP contribution in [0.2, 0.25) is 0 Å². The number of amides is 1. The van der Waals surface area contributed by atoms with Crippen molar-refractivity contribution in [3.8, 4) is 5.75 Å². The maximum Gasteiger partial charge on any atom is 0.308 e. The van der Waals surface area contributed by atoms with Gasteiger partial charge in [0, 0.05) is 19.2 Å². The number of hydrogen-bond donors (Lipinski definition) is 1. The maximum atomic E-state index is 12.6. The van der Waals surface area contributed by atoms with E-state index in [1.807, 2.05) is 47.9 Å². The summed E-state index contributed by atoms with van der Waals surface area (Å²) in [5.74, 6) is -2.06. The summed E-state index contributed by atoms with van der Waals surface area (Å²) in [7, 11) is 0. The lowest BCUT2D eigenvalue weighted by atomic mass is 10.0. The van der Waals surface area contributed by atoms with Crippen molar-refractivity contribution in [3.05, 3.63) is 65.4 Å². The summed E-state index contributed by atoms with van der Waals surface area (Å²) >= 11 is 0. The topological polar surface area (TPSA) is 91.4 Å². The Balaban J connectivity index is 2.20. The van der Waals surface area contributed by atoms with E-state index in [0.717, 1.165) is 17.5 Å². The SMILES string of the molecule is CCc1c(C(=O)C(N)=O)c2c(OC(C)=O)cccc2n1CCc1ccccc1. The summed E-state index contributed by atoms with van der Waals surface area (Å²) in [6.07, 6.45) is 1.27. The number of hydrogen-bond acceptors (Lipinski definition) is 4. The van der Waals surface area contributed by atoms with Crippen LogP contribution in [-0.2, 0) is 29.0 Å². The van der Waals surface area contributed by atoms with Gasteiger partial charge >= 0.3 is 5.97 Å². The number of esters is 1. The third-order valence-corrected chi connectivity index (χ3v) is 4.67. The number of carbonyl (C=O) groups excluding carboxylic acids is 3. The number of ketones is 1. The average Bonchev–Trinajstić information content (AvgIpc) is 3.00. The predicted octanol–water partition coefficient (Wildman–Crippen LogP) is 3.04. The number of Topliss-reactive ketones (excluding diaryl/α,β-unsaturated/α-hetero) is 1. The zero-order valence-electron chi connectivity index (χ0n) is 15.9. The summed E-state index contributed by atoms with van der Waals surface area (Å²) < 4.78 is 7.32. The molecular formula is C22H22N2O4. The molecule has 0 unspecified atom stereocenters. The molecule has 1 heterocycles. The second kappa shape index (κ2) is 8.08.